The molecular weight excluding hydrogens is 344 g/mol. The van der Waals surface area contributed by atoms with Gasteiger partial charge in [0.1, 0.15) is 25.0 Å². The number of aliphatic hydroxyl groups excluding tert-OH is 1. The van der Waals surface area contributed by atoms with E-state index in [1.165, 1.54) is 4.90 Å². The number of carbonyl (C=O) groups is 1. The van der Waals surface area contributed by atoms with Crippen molar-refractivity contribution in [3.63, 3.8) is 0 Å². The summed E-state index contributed by atoms with van der Waals surface area (Å²) in [4.78, 5) is 14.7. The third kappa shape index (κ3) is 5.76. The minimum atomic E-state index is -0.555. The zero-order valence-corrected chi connectivity index (χ0v) is 15.9. The van der Waals surface area contributed by atoms with Crippen LogP contribution in [0, 0.1) is 13.8 Å². The molecule has 0 bridgehead atoms. The first-order valence-corrected chi connectivity index (χ1v) is 9.11. The van der Waals surface area contributed by atoms with Crippen LogP contribution in [0.1, 0.15) is 18.1 Å². The van der Waals surface area contributed by atoms with E-state index >= 15 is 0 Å². The zero-order chi connectivity index (χ0) is 18.4. The summed E-state index contributed by atoms with van der Waals surface area (Å²) in [6, 6.07) is 3.76. The Balaban J connectivity index is 1.74. The summed E-state index contributed by atoms with van der Waals surface area (Å²) in [7, 11) is 0. The minimum absolute atomic E-state index is 0.242. The van der Waals surface area contributed by atoms with Crippen molar-refractivity contribution in [2.24, 2.45) is 0 Å². The number of amides is 1. The molecule has 25 heavy (non-hydrogen) atoms. The van der Waals surface area contributed by atoms with E-state index in [-0.39, 0.29) is 12.7 Å². The standard InChI is InChI=1S/C18H27ClN2O4/c1-4-24-18(23)21-7-5-20(6-8-21)11-15(22)12-25-16-9-13(2)17(19)14(3)10-16/h9-10,15,22H,4-8,11-12H2,1-3H3/p+1/t15-/m0/s1. The Hall–Kier alpha value is -1.50. The number of piperazine rings is 1. The summed E-state index contributed by atoms with van der Waals surface area (Å²) in [6.45, 7) is 9.81. The number of ether oxygens (including phenoxy) is 2. The van der Waals surface area contributed by atoms with Gasteiger partial charge in [-0.3, -0.25) is 4.90 Å². The van der Waals surface area contributed by atoms with Crippen molar-refractivity contribution in [1.82, 2.24) is 4.90 Å². The van der Waals surface area contributed by atoms with Gasteiger partial charge >= 0.3 is 6.09 Å². The van der Waals surface area contributed by atoms with Crippen LogP contribution in [0.4, 0.5) is 4.79 Å². The van der Waals surface area contributed by atoms with Crippen molar-refractivity contribution in [2.75, 3.05) is 45.9 Å². The Labute approximate surface area is 154 Å². The van der Waals surface area contributed by atoms with Gasteiger partial charge in [-0.1, -0.05) is 11.6 Å². The van der Waals surface area contributed by atoms with Crippen LogP contribution in [0.25, 0.3) is 0 Å². The predicted octanol–water partition coefficient (Wildman–Crippen LogP) is 1.05. The van der Waals surface area contributed by atoms with E-state index in [1.54, 1.807) is 11.8 Å². The van der Waals surface area contributed by atoms with Crippen molar-refractivity contribution in [1.29, 1.82) is 0 Å². The fourth-order valence-corrected chi connectivity index (χ4v) is 3.11. The molecular formula is C18H28ClN2O4+. The molecule has 7 heteroatoms. The predicted molar refractivity (Wildman–Crippen MR) is 96.6 cm³/mol. The third-order valence-electron chi connectivity index (χ3n) is 4.37. The van der Waals surface area contributed by atoms with Crippen molar-refractivity contribution < 1.29 is 24.3 Å². The number of hydrogen-bond acceptors (Lipinski definition) is 4. The highest BCUT2D eigenvalue weighted by molar-refractivity contribution is 6.32. The molecule has 0 aliphatic carbocycles. The van der Waals surface area contributed by atoms with E-state index < -0.39 is 6.10 Å². The van der Waals surface area contributed by atoms with E-state index in [0.29, 0.717) is 26.2 Å². The van der Waals surface area contributed by atoms with E-state index in [1.807, 2.05) is 26.0 Å². The maximum atomic E-state index is 11.7. The monoisotopic (exact) mass is 371 g/mol. The molecule has 1 amide bonds. The smallest absolute Gasteiger partial charge is 0.410 e. The highest BCUT2D eigenvalue weighted by Gasteiger charge is 2.26. The first-order valence-electron chi connectivity index (χ1n) is 8.73. The van der Waals surface area contributed by atoms with Crippen LogP contribution in [-0.4, -0.2) is 68.1 Å². The van der Waals surface area contributed by atoms with Crippen LogP contribution in [0.2, 0.25) is 5.02 Å². The van der Waals surface area contributed by atoms with Gasteiger partial charge in [0, 0.05) is 5.02 Å². The SMILES string of the molecule is CCOC(=O)N1CC[NH+](C[C@H](O)COc2cc(C)c(Cl)c(C)c2)CC1. The highest BCUT2D eigenvalue weighted by Crippen LogP contribution is 2.25. The summed E-state index contributed by atoms with van der Waals surface area (Å²) < 4.78 is 10.7. The summed E-state index contributed by atoms with van der Waals surface area (Å²) in [5.74, 6) is 0.723. The molecule has 1 saturated heterocycles. The molecule has 0 unspecified atom stereocenters. The maximum absolute atomic E-state index is 11.7. The Morgan fingerprint density at radius 3 is 2.48 bits per heavy atom. The second-order valence-electron chi connectivity index (χ2n) is 6.48. The van der Waals surface area contributed by atoms with E-state index in [9.17, 15) is 9.90 Å². The van der Waals surface area contributed by atoms with Crippen LogP contribution in [0.15, 0.2) is 12.1 Å². The van der Waals surface area contributed by atoms with Crippen molar-refractivity contribution >= 4 is 17.7 Å². The van der Waals surface area contributed by atoms with Gasteiger partial charge in [-0.05, 0) is 44.0 Å². The molecule has 0 spiro atoms. The number of hydrogen-bond donors (Lipinski definition) is 2. The molecule has 2 N–H and O–H groups in total. The summed E-state index contributed by atoms with van der Waals surface area (Å²) in [6.07, 6.45) is -0.806. The van der Waals surface area contributed by atoms with E-state index in [0.717, 1.165) is 35.0 Å². The normalized spacial score (nSPS) is 16.6. The molecule has 0 saturated carbocycles. The lowest BCUT2D eigenvalue weighted by molar-refractivity contribution is -0.907. The largest absolute Gasteiger partial charge is 0.491 e. The van der Waals surface area contributed by atoms with Crippen molar-refractivity contribution in [2.45, 2.75) is 26.9 Å². The maximum Gasteiger partial charge on any atom is 0.410 e. The number of aliphatic hydroxyl groups is 1. The van der Waals surface area contributed by atoms with Gasteiger partial charge in [-0.25, -0.2) is 4.79 Å². The molecule has 0 aromatic heterocycles. The molecule has 0 radical (unpaired) electrons. The highest BCUT2D eigenvalue weighted by atomic mass is 35.5. The van der Waals surface area contributed by atoms with Gasteiger partial charge in [0.25, 0.3) is 0 Å². The van der Waals surface area contributed by atoms with Crippen molar-refractivity contribution in [3.05, 3.63) is 28.3 Å². The molecule has 1 aromatic carbocycles. The van der Waals surface area contributed by atoms with E-state index in [2.05, 4.69) is 0 Å². The molecule has 1 atom stereocenters. The number of benzene rings is 1. The van der Waals surface area contributed by atoms with Gasteiger partial charge < -0.3 is 19.5 Å². The Kier molecular flexibility index (Phi) is 7.35. The van der Waals surface area contributed by atoms with Gasteiger partial charge in [-0.15, -0.1) is 0 Å². The second-order valence-corrected chi connectivity index (χ2v) is 6.85. The molecule has 6 nitrogen and oxygen atoms in total. The Morgan fingerprint density at radius 1 is 1.32 bits per heavy atom. The fourth-order valence-electron chi connectivity index (χ4n) is 3.00. The number of aryl methyl sites for hydroxylation is 2. The quantitative estimate of drug-likeness (QED) is 0.784. The summed E-state index contributed by atoms with van der Waals surface area (Å²) in [5.41, 5.74) is 1.93. The first kappa shape index (κ1) is 19.8. The molecule has 2 rings (SSSR count). The average molecular weight is 372 g/mol. The Morgan fingerprint density at radius 2 is 1.92 bits per heavy atom. The minimum Gasteiger partial charge on any atom is -0.491 e. The van der Waals surface area contributed by atoms with Gasteiger partial charge in [-0.2, -0.15) is 0 Å². The first-order chi connectivity index (χ1) is 11.9. The average Bonchev–Trinajstić information content (AvgIpc) is 2.58. The van der Waals surface area contributed by atoms with Crippen LogP contribution in [0.5, 0.6) is 5.75 Å². The lowest BCUT2D eigenvalue weighted by Gasteiger charge is -2.32. The number of halogens is 1. The Bertz CT molecular complexity index is 565. The van der Waals surface area contributed by atoms with E-state index in [4.69, 9.17) is 21.1 Å². The number of nitrogens with zero attached hydrogens (tertiary/aromatic N) is 1. The number of nitrogens with one attached hydrogen (secondary N) is 1. The molecule has 1 aromatic rings. The van der Waals surface area contributed by atoms with Gasteiger partial charge in [0.15, 0.2) is 0 Å². The van der Waals surface area contributed by atoms with Crippen molar-refractivity contribution in [3.8, 4) is 5.75 Å². The third-order valence-corrected chi connectivity index (χ3v) is 4.97. The molecule has 1 aliphatic heterocycles. The number of rotatable bonds is 6. The van der Waals surface area contributed by atoms with Crippen LogP contribution in [-0.2, 0) is 4.74 Å². The second kappa shape index (κ2) is 9.27. The fraction of sp³-hybridized carbons (Fsp3) is 0.611. The summed E-state index contributed by atoms with van der Waals surface area (Å²) >= 11 is 6.15. The van der Waals surface area contributed by atoms with Gasteiger partial charge in [0.05, 0.1) is 32.8 Å². The zero-order valence-electron chi connectivity index (χ0n) is 15.2. The molecule has 140 valence electrons. The van der Waals surface area contributed by atoms with Crippen LogP contribution >= 0.6 is 11.6 Å². The van der Waals surface area contributed by atoms with Crippen LogP contribution < -0.4 is 9.64 Å². The van der Waals surface area contributed by atoms with Crippen LogP contribution in [0.3, 0.4) is 0 Å². The topological polar surface area (TPSA) is 63.4 Å². The number of carbonyl (C=O) groups excluding carboxylic acids is 1. The van der Waals surface area contributed by atoms with Gasteiger partial charge in [0.2, 0.25) is 0 Å². The number of quaternary nitrogens is 1. The molecule has 1 heterocycles. The molecule has 1 aliphatic rings. The summed E-state index contributed by atoms with van der Waals surface area (Å²) in [5, 5.41) is 11.0. The lowest BCUT2D eigenvalue weighted by atomic mass is 10.1. The molecule has 1 fully saturated rings. The lowest BCUT2D eigenvalue weighted by Crippen LogP contribution is -3.16.